The monoisotopic (exact) mass is 260 g/mol. The summed E-state index contributed by atoms with van der Waals surface area (Å²) in [6, 6.07) is 9.46. The van der Waals surface area contributed by atoms with E-state index in [1.807, 2.05) is 30.3 Å². The molecule has 2 atom stereocenters. The van der Waals surface area contributed by atoms with Crippen LogP contribution in [0, 0.1) is 11.8 Å². The van der Waals surface area contributed by atoms with Crippen molar-refractivity contribution in [1.82, 2.24) is 0 Å². The van der Waals surface area contributed by atoms with E-state index in [4.69, 9.17) is 4.74 Å². The van der Waals surface area contributed by atoms with Gasteiger partial charge in [-0.1, -0.05) is 44.2 Å². The number of hydrogen-bond acceptors (Lipinski definition) is 3. The molecule has 0 radical (unpaired) electrons. The highest BCUT2D eigenvalue weighted by Crippen LogP contribution is 2.31. The quantitative estimate of drug-likeness (QED) is 0.616. The van der Waals surface area contributed by atoms with Crippen molar-refractivity contribution in [2.75, 3.05) is 0 Å². The average molecular weight is 260 g/mol. The number of hydrogen-bond donors (Lipinski definition) is 0. The predicted octanol–water partition coefficient (Wildman–Crippen LogP) is 3.30. The Labute approximate surface area is 114 Å². The number of esters is 1. The summed E-state index contributed by atoms with van der Waals surface area (Å²) in [5.74, 6) is -0.397. The van der Waals surface area contributed by atoms with Crippen molar-refractivity contribution in [1.29, 1.82) is 0 Å². The van der Waals surface area contributed by atoms with Crippen molar-refractivity contribution in [3.05, 3.63) is 35.9 Å². The lowest BCUT2D eigenvalue weighted by Gasteiger charge is -2.27. The van der Waals surface area contributed by atoms with Crippen LogP contribution in [0.5, 0.6) is 0 Å². The van der Waals surface area contributed by atoms with E-state index in [2.05, 4.69) is 13.8 Å². The second kappa shape index (κ2) is 6.00. The number of carbonyl (C=O) groups excluding carboxylic acids is 2. The standard InChI is InChI=1S/C16H20O3/c1-11(2)8-9-13-14(17)10-15(19-16(13)18)12-6-4-3-5-7-12/h3-7,11,13,15H,8-10H2,1-2H3. The first-order valence-corrected chi connectivity index (χ1v) is 6.86. The molecule has 2 unspecified atom stereocenters. The average Bonchev–Trinajstić information content (AvgIpc) is 2.38. The summed E-state index contributed by atoms with van der Waals surface area (Å²) in [5.41, 5.74) is 0.895. The van der Waals surface area contributed by atoms with Gasteiger partial charge in [0, 0.05) is 6.42 Å². The fourth-order valence-corrected chi connectivity index (χ4v) is 2.35. The minimum absolute atomic E-state index is 0.0192. The summed E-state index contributed by atoms with van der Waals surface area (Å²) in [7, 11) is 0. The zero-order valence-corrected chi connectivity index (χ0v) is 11.5. The first-order valence-electron chi connectivity index (χ1n) is 6.86. The third kappa shape index (κ3) is 3.43. The van der Waals surface area contributed by atoms with Gasteiger partial charge in [-0.2, -0.15) is 0 Å². The lowest BCUT2D eigenvalue weighted by atomic mass is 9.88. The maximum absolute atomic E-state index is 12.1. The van der Waals surface area contributed by atoms with Gasteiger partial charge in [0.05, 0.1) is 0 Å². The Hall–Kier alpha value is -1.64. The molecule has 0 aromatic heterocycles. The molecule has 0 spiro atoms. The summed E-state index contributed by atoms with van der Waals surface area (Å²) in [4.78, 5) is 24.1. The molecule has 0 amide bonds. The zero-order valence-electron chi connectivity index (χ0n) is 11.5. The molecule has 2 rings (SSSR count). The van der Waals surface area contributed by atoms with Gasteiger partial charge in [0.2, 0.25) is 0 Å². The molecule has 0 N–H and O–H groups in total. The summed E-state index contributed by atoms with van der Waals surface area (Å²) in [5, 5.41) is 0. The van der Waals surface area contributed by atoms with E-state index in [9.17, 15) is 9.59 Å². The SMILES string of the molecule is CC(C)CCC1C(=O)CC(c2ccccc2)OC1=O. The van der Waals surface area contributed by atoms with Crippen LogP contribution in [-0.4, -0.2) is 11.8 Å². The molecule has 0 saturated carbocycles. The van der Waals surface area contributed by atoms with Crippen LogP contribution in [0.2, 0.25) is 0 Å². The molecule has 0 bridgehead atoms. The van der Waals surface area contributed by atoms with E-state index < -0.39 is 12.0 Å². The second-order valence-electron chi connectivity index (χ2n) is 5.53. The normalized spacial score (nSPS) is 23.5. The van der Waals surface area contributed by atoms with Crippen LogP contribution in [0.15, 0.2) is 30.3 Å². The van der Waals surface area contributed by atoms with E-state index in [0.29, 0.717) is 18.8 Å². The number of ketones is 1. The number of carbonyl (C=O) groups is 2. The molecule has 3 heteroatoms. The van der Waals surface area contributed by atoms with Gasteiger partial charge in [-0.3, -0.25) is 9.59 Å². The first-order chi connectivity index (χ1) is 9.08. The smallest absolute Gasteiger partial charge is 0.317 e. The third-order valence-electron chi connectivity index (χ3n) is 3.52. The lowest BCUT2D eigenvalue weighted by molar-refractivity contribution is -0.165. The molecule has 1 aliphatic rings. The molecule has 0 aliphatic carbocycles. The second-order valence-corrected chi connectivity index (χ2v) is 5.53. The van der Waals surface area contributed by atoms with Crippen LogP contribution in [0.4, 0.5) is 0 Å². The van der Waals surface area contributed by atoms with E-state index >= 15 is 0 Å². The molecule has 1 fully saturated rings. The van der Waals surface area contributed by atoms with Gasteiger partial charge in [-0.25, -0.2) is 0 Å². The molecule has 102 valence electrons. The van der Waals surface area contributed by atoms with Crippen molar-refractivity contribution in [2.24, 2.45) is 11.8 Å². The molecule has 1 aromatic carbocycles. The van der Waals surface area contributed by atoms with Crippen molar-refractivity contribution in [3.63, 3.8) is 0 Å². The van der Waals surface area contributed by atoms with Crippen LogP contribution in [0.25, 0.3) is 0 Å². The Bertz CT molecular complexity index is 432. The van der Waals surface area contributed by atoms with Crippen LogP contribution >= 0.6 is 0 Å². The number of Topliss-reactive ketones (excluding diaryl/α,β-unsaturated/α-hetero) is 1. The Kier molecular flexibility index (Phi) is 4.35. The fraction of sp³-hybridized carbons (Fsp3) is 0.500. The Morgan fingerprint density at radius 1 is 1.21 bits per heavy atom. The zero-order chi connectivity index (χ0) is 13.8. The molecule has 1 heterocycles. The van der Waals surface area contributed by atoms with Gasteiger partial charge in [0.25, 0.3) is 0 Å². The summed E-state index contributed by atoms with van der Waals surface area (Å²) in [6.45, 7) is 4.18. The van der Waals surface area contributed by atoms with Crippen molar-refractivity contribution >= 4 is 11.8 Å². The van der Waals surface area contributed by atoms with Gasteiger partial charge >= 0.3 is 5.97 Å². The largest absolute Gasteiger partial charge is 0.456 e. The highest BCUT2D eigenvalue weighted by molar-refractivity contribution is 6.01. The molecule has 19 heavy (non-hydrogen) atoms. The van der Waals surface area contributed by atoms with Gasteiger partial charge in [0.1, 0.15) is 12.0 Å². The van der Waals surface area contributed by atoms with Crippen molar-refractivity contribution in [2.45, 2.75) is 39.2 Å². The van der Waals surface area contributed by atoms with Gasteiger partial charge in [-0.05, 0) is 24.3 Å². The van der Waals surface area contributed by atoms with E-state index in [1.165, 1.54) is 0 Å². The van der Waals surface area contributed by atoms with Crippen LogP contribution in [0.3, 0.4) is 0 Å². The van der Waals surface area contributed by atoms with Crippen LogP contribution in [-0.2, 0) is 14.3 Å². The molecule has 1 saturated heterocycles. The maximum atomic E-state index is 12.1. The molecule has 3 nitrogen and oxygen atoms in total. The number of benzene rings is 1. The topological polar surface area (TPSA) is 43.4 Å². The Morgan fingerprint density at radius 2 is 1.89 bits per heavy atom. The number of rotatable bonds is 4. The predicted molar refractivity (Wildman–Crippen MR) is 72.5 cm³/mol. The van der Waals surface area contributed by atoms with Gasteiger partial charge < -0.3 is 4.74 Å². The summed E-state index contributed by atoms with van der Waals surface area (Å²) < 4.78 is 5.43. The van der Waals surface area contributed by atoms with Gasteiger partial charge in [0.15, 0.2) is 5.78 Å². The first kappa shape index (κ1) is 13.8. The van der Waals surface area contributed by atoms with E-state index in [-0.39, 0.29) is 11.8 Å². The maximum Gasteiger partial charge on any atom is 0.317 e. The minimum Gasteiger partial charge on any atom is -0.456 e. The van der Waals surface area contributed by atoms with E-state index in [0.717, 1.165) is 12.0 Å². The molecule has 1 aliphatic heterocycles. The summed E-state index contributed by atoms with van der Waals surface area (Å²) in [6.07, 6.45) is 1.38. The fourth-order valence-electron chi connectivity index (χ4n) is 2.35. The minimum atomic E-state index is -0.553. The van der Waals surface area contributed by atoms with Crippen molar-refractivity contribution in [3.8, 4) is 0 Å². The van der Waals surface area contributed by atoms with E-state index in [1.54, 1.807) is 0 Å². The highest BCUT2D eigenvalue weighted by Gasteiger charge is 2.37. The van der Waals surface area contributed by atoms with Gasteiger partial charge in [-0.15, -0.1) is 0 Å². The molecule has 1 aromatic rings. The Morgan fingerprint density at radius 3 is 2.47 bits per heavy atom. The Balaban J connectivity index is 2.02. The number of ether oxygens (including phenoxy) is 1. The summed E-state index contributed by atoms with van der Waals surface area (Å²) >= 11 is 0. The molecular weight excluding hydrogens is 240 g/mol. The van der Waals surface area contributed by atoms with Crippen LogP contribution < -0.4 is 0 Å². The molecular formula is C16H20O3. The third-order valence-corrected chi connectivity index (χ3v) is 3.52. The lowest BCUT2D eigenvalue weighted by Crippen LogP contribution is -2.34. The highest BCUT2D eigenvalue weighted by atomic mass is 16.5. The van der Waals surface area contributed by atoms with Crippen molar-refractivity contribution < 1.29 is 14.3 Å². The van der Waals surface area contributed by atoms with Crippen LogP contribution in [0.1, 0.15) is 44.8 Å². The number of cyclic esters (lactones) is 1.